The Bertz CT molecular complexity index is 567. The topological polar surface area (TPSA) is 9.23 Å². The molecule has 0 spiro atoms. The third kappa shape index (κ3) is 1.90. The summed E-state index contributed by atoms with van der Waals surface area (Å²) in [5.74, 6) is -5.94. The third-order valence-corrected chi connectivity index (χ3v) is 2.20. The van der Waals surface area contributed by atoms with Crippen LogP contribution in [0.25, 0.3) is 10.8 Å². The molecule has 0 heterocycles. The van der Waals surface area contributed by atoms with Gasteiger partial charge in [-0.25, -0.2) is 8.78 Å². The molecule has 0 aliphatic rings. The Hall–Kier alpha value is -1.85. The van der Waals surface area contributed by atoms with Gasteiger partial charge in [0.1, 0.15) is 0 Å². The second-order valence-electron chi connectivity index (χ2n) is 3.20. The van der Waals surface area contributed by atoms with Gasteiger partial charge in [-0.15, -0.1) is 0 Å². The molecule has 0 aromatic heterocycles. The Morgan fingerprint density at radius 2 is 1.35 bits per heavy atom. The summed E-state index contributed by atoms with van der Waals surface area (Å²) >= 11 is 0. The van der Waals surface area contributed by atoms with Crippen LogP contribution in [0, 0.1) is 17.5 Å². The third-order valence-electron chi connectivity index (χ3n) is 2.20. The van der Waals surface area contributed by atoms with Crippen LogP contribution in [0.2, 0.25) is 0 Å². The Balaban J connectivity index is 2.77. The van der Waals surface area contributed by atoms with Crippen LogP contribution in [0.1, 0.15) is 0 Å². The summed E-state index contributed by atoms with van der Waals surface area (Å²) < 4.78 is 67.8. The van der Waals surface area contributed by atoms with Crippen molar-refractivity contribution < 1.29 is 26.7 Å². The Kier molecular flexibility index (Phi) is 2.87. The van der Waals surface area contributed by atoms with Crippen LogP contribution in [0.5, 0.6) is 5.75 Å². The van der Waals surface area contributed by atoms with Crippen molar-refractivity contribution in [3.63, 3.8) is 0 Å². The predicted octanol–water partition coefficient (Wildman–Crippen LogP) is 3.86. The van der Waals surface area contributed by atoms with Gasteiger partial charge in [0.2, 0.25) is 11.6 Å². The molecule has 0 saturated carbocycles. The lowest BCUT2D eigenvalue weighted by Crippen LogP contribution is -2.07. The predicted molar refractivity (Wildman–Crippen MR) is 50.5 cm³/mol. The van der Waals surface area contributed by atoms with Crippen molar-refractivity contribution in [1.29, 1.82) is 0 Å². The fraction of sp³-hybridized carbons (Fsp3) is 0.0909. The van der Waals surface area contributed by atoms with Gasteiger partial charge in [0.15, 0.2) is 11.6 Å². The molecule has 6 heteroatoms. The lowest BCUT2D eigenvalue weighted by Gasteiger charge is -2.10. The number of alkyl halides is 2. The molecule has 17 heavy (non-hydrogen) atoms. The number of halogens is 5. The zero-order valence-corrected chi connectivity index (χ0v) is 8.18. The van der Waals surface area contributed by atoms with Crippen LogP contribution < -0.4 is 4.74 Å². The highest BCUT2D eigenvalue weighted by molar-refractivity contribution is 5.85. The van der Waals surface area contributed by atoms with E-state index in [4.69, 9.17) is 0 Å². The smallest absolute Gasteiger partial charge is 0.387 e. The average Bonchev–Trinajstić information content (AvgIpc) is 2.31. The van der Waals surface area contributed by atoms with Crippen LogP contribution >= 0.6 is 0 Å². The van der Waals surface area contributed by atoms with Crippen molar-refractivity contribution in [2.24, 2.45) is 0 Å². The van der Waals surface area contributed by atoms with E-state index in [1.165, 1.54) is 12.1 Å². The molecule has 0 aliphatic carbocycles. The first-order valence-corrected chi connectivity index (χ1v) is 4.52. The van der Waals surface area contributed by atoms with Gasteiger partial charge in [0.25, 0.3) is 0 Å². The van der Waals surface area contributed by atoms with Gasteiger partial charge in [-0.1, -0.05) is 24.3 Å². The number of hydrogen-bond donors (Lipinski definition) is 0. The van der Waals surface area contributed by atoms with Crippen LogP contribution in [-0.4, -0.2) is 6.61 Å². The van der Waals surface area contributed by atoms with Crippen molar-refractivity contribution >= 4 is 10.8 Å². The molecule has 0 saturated heterocycles. The summed E-state index contributed by atoms with van der Waals surface area (Å²) in [5.41, 5.74) is 0. The molecule has 2 rings (SSSR count). The van der Waals surface area contributed by atoms with Crippen molar-refractivity contribution in [2.75, 3.05) is 0 Å². The van der Waals surface area contributed by atoms with Gasteiger partial charge in [0, 0.05) is 10.8 Å². The van der Waals surface area contributed by atoms with Crippen molar-refractivity contribution in [2.45, 2.75) is 6.61 Å². The molecule has 0 aliphatic heterocycles. The molecule has 0 unspecified atom stereocenters. The van der Waals surface area contributed by atoms with E-state index in [9.17, 15) is 22.0 Å². The maximum absolute atomic E-state index is 13.6. The Morgan fingerprint density at radius 1 is 0.824 bits per heavy atom. The molecule has 0 fully saturated rings. The highest BCUT2D eigenvalue weighted by Gasteiger charge is 2.23. The van der Waals surface area contributed by atoms with Gasteiger partial charge in [-0.2, -0.15) is 13.2 Å². The number of benzene rings is 2. The summed E-state index contributed by atoms with van der Waals surface area (Å²) in [5, 5.41) is -0.647. The van der Waals surface area contributed by atoms with E-state index in [1.54, 1.807) is 0 Å². The molecular weight excluding hydrogens is 243 g/mol. The van der Waals surface area contributed by atoms with E-state index in [2.05, 4.69) is 4.74 Å². The van der Waals surface area contributed by atoms with E-state index >= 15 is 0 Å². The Morgan fingerprint density at radius 3 is 1.88 bits per heavy atom. The minimum Gasteiger partial charge on any atom is -0.428 e. The SMILES string of the molecule is Fc1c(OC(F)F)c(F)c2ccccc2c1F. The normalized spacial score (nSPS) is 11.2. The van der Waals surface area contributed by atoms with E-state index in [0.717, 1.165) is 12.1 Å². The fourth-order valence-electron chi connectivity index (χ4n) is 1.50. The maximum Gasteiger partial charge on any atom is 0.387 e. The molecule has 0 atom stereocenters. The first-order chi connectivity index (χ1) is 8.02. The molecule has 90 valence electrons. The van der Waals surface area contributed by atoms with Gasteiger partial charge in [-0.3, -0.25) is 0 Å². The fourth-order valence-corrected chi connectivity index (χ4v) is 1.50. The number of hydrogen-bond acceptors (Lipinski definition) is 1. The minimum atomic E-state index is -3.43. The summed E-state index contributed by atoms with van der Waals surface area (Å²) in [6.45, 7) is -3.43. The highest BCUT2D eigenvalue weighted by atomic mass is 19.3. The van der Waals surface area contributed by atoms with Crippen molar-refractivity contribution in [3.05, 3.63) is 41.7 Å². The van der Waals surface area contributed by atoms with Gasteiger partial charge in [0.05, 0.1) is 0 Å². The average molecular weight is 248 g/mol. The zero-order valence-electron chi connectivity index (χ0n) is 8.18. The number of fused-ring (bicyclic) bond motifs is 1. The van der Waals surface area contributed by atoms with Crippen molar-refractivity contribution in [1.82, 2.24) is 0 Å². The van der Waals surface area contributed by atoms with E-state index in [1.807, 2.05) is 0 Å². The van der Waals surface area contributed by atoms with E-state index < -0.39 is 29.8 Å². The molecule has 1 nitrogen and oxygen atoms in total. The van der Waals surface area contributed by atoms with E-state index in [0.29, 0.717) is 0 Å². The van der Waals surface area contributed by atoms with Crippen LogP contribution in [0.15, 0.2) is 24.3 Å². The standard InChI is InChI=1S/C11H5F5O/c12-7-5-3-1-2-4-6(5)8(13)10(9(7)14)17-11(15)16/h1-4,11H. The van der Waals surface area contributed by atoms with Crippen LogP contribution in [0.3, 0.4) is 0 Å². The summed E-state index contributed by atoms with van der Waals surface area (Å²) in [6, 6.07) is 5.03. The van der Waals surface area contributed by atoms with Crippen LogP contribution in [0.4, 0.5) is 22.0 Å². The summed E-state index contributed by atoms with van der Waals surface area (Å²) in [4.78, 5) is 0. The molecule has 0 N–H and O–H groups in total. The molecule has 0 amide bonds. The second-order valence-corrected chi connectivity index (χ2v) is 3.20. The number of rotatable bonds is 2. The molecule has 2 aromatic rings. The molecular formula is C11H5F5O. The maximum atomic E-state index is 13.6. The zero-order chi connectivity index (χ0) is 12.6. The molecule has 0 radical (unpaired) electrons. The minimum absolute atomic E-state index is 0.318. The van der Waals surface area contributed by atoms with E-state index in [-0.39, 0.29) is 10.8 Å². The molecule has 2 aromatic carbocycles. The first-order valence-electron chi connectivity index (χ1n) is 4.52. The monoisotopic (exact) mass is 248 g/mol. The molecule has 0 bridgehead atoms. The first kappa shape index (κ1) is 11.6. The quantitative estimate of drug-likeness (QED) is 0.579. The van der Waals surface area contributed by atoms with Crippen molar-refractivity contribution in [3.8, 4) is 5.75 Å². The number of ether oxygens (including phenoxy) is 1. The highest BCUT2D eigenvalue weighted by Crippen LogP contribution is 2.33. The lowest BCUT2D eigenvalue weighted by atomic mass is 10.1. The second kappa shape index (κ2) is 4.20. The Labute approximate surface area is 92.4 Å². The van der Waals surface area contributed by atoms with Gasteiger partial charge < -0.3 is 4.74 Å². The van der Waals surface area contributed by atoms with Gasteiger partial charge in [-0.05, 0) is 0 Å². The largest absolute Gasteiger partial charge is 0.428 e. The van der Waals surface area contributed by atoms with Crippen LogP contribution in [-0.2, 0) is 0 Å². The summed E-state index contributed by atoms with van der Waals surface area (Å²) in [7, 11) is 0. The van der Waals surface area contributed by atoms with Gasteiger partial charge >= 0.3 is 6.61 Å². The summed E-state index contributed by atoms with van der Waals surface area (Å²) in [6.07, 6.45) is 0. The lowest BCUT2D eigenvalue weighted by molar-refractivity contribution is -0.0547.